The van der Waals surface area contributed by atoms with Crippen molar-refractivity contribution in [2.75, 3.05) is 6.61 Å². The van der Waals surface area contributed by atoms with Crippen molar-refractivity contribution in [2.45, 2.75) is 30.7 Å². The second kappa shape index (κ2) is 8.55. The summed E-state index contributed by atoms with van der Waals surface area (Å²) in [7, 11) is 0. The van der Waals surface area contributed by atoms with Crippen molar-refractivity contribution < 1.29 is 59.8 Å². The van der Waals surface area contributed by atoms with Crippen molar-refractivity contribution >= 4 is 11.0 Å². The fraction of sp³-hybridized carbons (Fsp3) is 0.286. The molecule has 0 aliphatic carbocycles. The van der Waals surface area contributed by atoms with Crippen molar-refractivity contribution in [1.29, 1.82) is 0 Å². The van der Waals surface area contributed by atoms with E-state index in [-0.39, 0.29) is 11.1 Å². The quantitative estimate of drug-likeness (QED) is 0.208. The number of benzene rings is 2. The van der Waals surface area contributed by atoms with Crippen LogP contribution < -0.4 is 10.2 Å². The number of phenolic OH excluding ortho intramolecular Hbond substituents is 4. The molecule has 0 spiro atoms. The molecule has 1 unspecified atom stereocenters. The summed E-state index contributed by atoms with van der Waals surface area (Å²) in [6.07, 6.45) is -8.26. The highest BCUT2D eigenvalue weighted by Gasteiger charge is 2.45. The summed E-state index contributed by atoms with van der Waals surface area (Å²) in [5, 5.41) is 88.5. The molecule has 13 nitrogen and oxygen atoms in total. The molecule has 1 fully saturated rings. The van der Waals surface area contributed by atoms with E-state index in [9.17, 15) is 50.8 Å². The Kier molecular flexibility index (Phi) is 5.89. The van der Waals surface area contributed by atoms with Crippen LogP contribution in [0.15, 0.2) is 33.5 Å². The van der Waals surface area contributed by atoms with E-state index >= 15 is 0 Å². The molecule has 13 heteroatoms. The Bertz CT molecular complexity index is 1280. The number of phenols is 4. The number of aliphatic hydroxyl groups excluding tert-OH is 4. The van der Waals surface area contributed by atoms with Gasteiger partial charge in [0.05, 0.1) is 6.61 Å². The average Bonchev–Trinajstić information content (AvgIpc) is 2.79. The monoisotopic (exact) mass is 480 g/mol. The minimum Gasteiger partial charge on any atom is -0.508 e. The first-order valence-electron chi connectivity index (χ1n) is 9.78. The molecule has 1 aromatic heterocycles. The number of hydrogen-bond donors (Lipinski definition) is 9. The SMILES string of the molecule is O=c1c(O)c(-c2cc(O)c(O)c(O)c2)oc2cc(O)cc(OC3O[C@H](CO)[C@@H](O)[C@H](O)[C@H]3O)c12. The summed E-state index contributed by atoms with van der Waals surface area (Å²) in [5.41, 5.74) is -1.60. The van der Waals surface area contributed by atoms with Crippen LogP contribution in [0, 0.1) is 0 Å². The number of ether oxygens (including phenoxy) is 2. The normalized spacial score (nSPS) is 24.9. The molecule has 2 heterocycles. The topological polar surface area (TPSA) is 231 Å². The van der Waals surface area contributed by atoms with Gasteiger partial charge in [0, 0.05) is 17.7 Å². The highest BCUT2D eigenvalue weighted by molar-refractivity contribution is 5.88. The van der Waals surface area contributed by atoms with Crippen LogP contribution in [0.2, 0.25) is 0 Å². The van der Waals surface area contributed by atoms with Crippen molar-refractivity contribution in [3.8, 4) is 45.8 Å². The second-order valence-corrected chi connectivity index (χ2v) is 7.60. The summed E-state index contributed by atoms with van der Waals surface area (Å²) in [5.74, 6) is -4.79. The number of aliphatic hydroxyl groups is 4. The van der Waals surface area contributed by atoms with Crippen LogP contribution in [0.5, 0.6) is 34.5 Å². The molecule has 9 N–H and O–H groups in total. The minimum atomic E-state index is -1.82. The summed E-state index contributed by atoms with van der Waals surface area (Å²) in [6, 6.07) is 3.76. The van der Waals surface area contributed by atoms with Gasteiger partial charge in [-0.1, -0.05) is 0 Å². The molecule has 3 aromatic rings. The van der Waals surface area contributed by atoms with Gasteiger partial charge < -0.3 is 59.8 Å². The molecular formula is C21H20O13. The fourth-order valence-electron chi connectivity index (χ4n) is 3.57. The van der Waals surface area contributed by atoms with Gasteiger partial charge in [-0.15, -0.1) is 0 Å². The van der Waals surface area contributed by atoms with Crippen LogP contribution in [0.1, 0.15) is 0 Å². The number of hydrogen-bond acceptors (Lipinski definition) is 13. The van der Waals surface area contributed by atoms with Crippen molar-refractivity contribution in [1.82, 2.24) is 0 Å². The second-order valence-electron chi connectivity index (χ2n) is 7.60. The lowest BCUT2D eigenvalue weighted by atomic mass is 9.99. The third kappa shape index (κ3) is 3.81. The summed E-state index contributed by atoms with van der Waals surface area (Å²) in [6.45, 7) is -0.732. The van der Waals surface area contributed by atoms with E-state index in [1.165, 1.54) is 0 Å². The third-order valence-electron chi connectivity index (χ3n) is 5.34. The summed E-state index contributed by atoms with van der Waals surface area (Å²) in [4.78, 5) is 13.0. The smallest absolute Gasteiger partial charge is 0.238 e. The van der Waals surface area contributed by atoms with Crippen LogP contribution in [0.4, 0.5) is 0 Å². The maximum absolute atomic E-state index is 13.0. The zero-order valence-electron chi connectivity index (χ0n) is 17.1. The molecule has 0 radical (unpaired) electrons. The van der Waals surface area contributed by atoms with Crippen LogP contribution in [0.3, 0.4) is 0 Å². The van der Waals surface area contributed by atoms with Gasteiger partial charge in [0.1, 0.15) is 46.9 Å². The van der Waals surface area contributed by atoms with Crippen molar-refractivity contribution in [3.63, 3.8) is 0 Å². The Balaban J connectivity index is 1.83. The number of fused-ring (bicyclic) bond motifs is 1. The summed E-state index contributed by atoms with van der Waals surface area (Å²) < 4.78 is 16.2. The first kappa shape index (κ1) is 23.4. The number of rotatable bonds is 4. The van der Waals surface area contributed by atoms with E-state index in [1.54, 1.807) is 0 Å². The highest BCUT2D eigenvalue weighted by Crippen LogP contribution is 2.42. The molecule has 0 saturated carbocycles. The molecule has 4 rings (SSSR count). The zero-order chi connectivity index (χ0) is 24.9. The van der Waals surface area contributed by atoms with Crippen LogP contribution in [0.25, 0.3) is 22.3 Å². The first-order valence-corrected chi connectivity index (χ1v) is 9.78. The third-order valence-corrected chi connectivity index (χ3v) is 5.34. The predicted octanol–water partition coefficient (Wildman–Crippen LogP) is -0.833. The lowest BCUT2D eigenvalue weighted by Crippen LogP contribution is -2.60. The van der Waals surface area contributed by atoms with Gasteiger partial charge in [-0.3, -0.25) is 4.79 Å². The van der Waals surface area contributed by atoms with Gasteiger partial charge >= 0.3 is 0 Å². The Morgan fingerprint density at radius 1 is 0.853 bits per heavy atom. The molecule has 0 bridgehead atoms. The van der Waals surface area contributed by atoms with Crippen molar-refractivity contribution in [3.05, 3.63) is 34.5 Å². The Morgan fingerprint density at radius 2 is 1.50 bits per heavy atom. The molecule has 0 amide bonds. The predicted molar refractivity (Wildman–Crippen MR) is 111 cm³/mol. The van der Waals surface area contributed by atoms with Gasteiger partial charge in [0.15, 0.2) is 23.0 Å². The highest BCUT2D eigenvalue weighted by atomic mass is 16.7. The molecule has 5 atom stereocenters. The maximum Gasteiger partial charge on any atom is 0.238 e. The Hall–Kier alpha value is -3.75. The molecule has 34 heavy (non-hydrogen) atoms. The fourth-order valence-corrected chi connectivity index (χ4v) is 3.57. The van der Waals surface area contributed by atoms with Gasteiger partial charge in [-0.25, -0.2) is 0 Å². The molecule has 182 valence electrons. The Morgan fingerprint density at radius 3 is 2.12 bits per heavy atom. The minimum absolute atomic E-state index is 0.191. The largest absolute Gasteiger partial charge is 0.508 e. The van der Waals surface area contributed by atoms with Gasteiger partial charge in [0.2, 0.25) is 17.5 Å². The molecule has 2 aromatic carbocycles. The lowest BCUT2D eigenvalue weighted by Gasteiger charge is -2.39. The standard InChI is InChI=1S/C21H20O13/c22-5-12-15(27)17(29)19(31)21(34-12)33-11-4-7(23)3-10-13(11)16(28)18(30)20(32-10)6-1-8(24)14(26)9(25)2-6/h1-4,12,15,17,19,21-27,29-31H,5H2/t12-,15-,17+,19-,21?/m1/s1. The van der Waals surface area contributed by atoms with E-state index < -0.39 is 88.4 Å². The van der Waals surface area contributed by atoms with Crippen LogP contribution >= 0.6 is 0 Å². The van der Waals surface area contributed by atoms with Gasteiger partial charge in [-0.2, -0.15) is 0 Å². The maximum atomic E-state index is 13.0. The Labute approximate surface area is 189 Å². The van der Waals surface area contributed by atoms with Gasteiger partial charge in [0.25, 0.3) is 0 Å². The summed E-state index contributed by atoms with van der Waals surface area (Å²) >= 11 is 0. The molecule has 1 aliphatic rings. The lowest BCUT2D eigenvalue weighted by molar-refractivity contribution is -0.277. The average molecular weight is 480 g/mol. The van der Waals surface area contributed by atoms with Crippen molar-refractivity contribution in [2.24, 2.45) is 0 Å². The van der Waals surface area contributed by atoms with E-state index in [1.807, 2.05) is 0 Å². The van der Waals surface area contributed by atoms with Gasteiger partial charge in [-0.05, 0) is 12.1 Å². The van der Waals surface area contributed by atoms with E-state index in [0.717, 1.165) is 24.3 Å². The molecule has 1 aliphatic heterocycles. The van der Waals surface area contributed by atoms with E-state index in [4.69, 9.17) is 13.9 Å². The molecular weight excluding hydrogens is 460 g/mol. The van der Waals surface area contributed by atoms with E-state index in [2.05, 4.69) is 0 Å². The number of aromatic hydroxyl groups is 5. The van der Waals surface area contributed by atoms with Crippen LogP contribution in [-0.2, 0) is 4.74 Å². The van der Waals surface area contributed by atoms with Crippen LogP contribution in [-0.4, -0.2) is 83.3 Å². The van der Waals surface area contributed by atoms with E-state index in [0.29, 0.717) is 0 Å². The zero-order valence-corrected chi connectivity index (χ0v) is 17.1. The first-order chi connectivity index (χ1) is 16.0. The molecule has 1 saturated heterocycles.